The molecule has 0 bridgehead atoms. The summed E-state index contributed by atoms with van der Waals surface area (Å²) >= 11 is 0. The number of fused-ring (bicyclic) bond motifs is 1. The van der Waals surface area contributed by atoms with Crippen molar-refractivity contribution in [2.45, 2.75) is 19.9 Å². The molecule has 0 aliphatic heterocycles. The molecule has 0 unspecified atom stereocenters. The van der Waals surface area contributed by atoms with E-state index in [-0.39, 0.29) is 17.9 Å². The van der Waals surface area contributed by atoms with Gasteiger partial charge in [-0.2, -0.15) is 0 Å². The number of carbonyl (C=O) groups excluding carboxylic acids is 1. The maximum atomic E-state index is 12.4. The van der Waals surface area contributed by atoms with Crippen molar-refractivity contribution in [1.82, 2.24) is 24.9 Å². The Morgan fingerprint density at radius 1 is 1.14 bits per heavy atom. The van der Waals surface area contributed by atoms with Gasteiger partial charge in [0.25, 0.3) is 5.91 Å². The molecule has 0 fully saturated rings. The number of nitrogens with one attached hydrogen (secondary N) is 1. The fourth-order valence-corrected chi connectivity index (χ4v) is 2.33. The highest BCUT2D eigenvalue weighted by atomic mass is 16.1. The first kappa shape index (κ1) is 14.2. The standard InChI is InChI=1S/C16H17N5O/c1-11(2)14(18-16(22)12-6-8-17-9-7-12)15-20-19-13-5-3-4-10-21(13)15/h3-11,14H,1-2H3,(H,18,22)/t14-/m1/s1. The molecule has 0 aromatic carbocycles. The molecule has 0 spiro atoms. The van der Waals surface area contributed by atoms with Gasteiger partial charge in [0, 0.05) is 24.2 Å². The van der Waals surface area contributed by atoms with Crippen LogP contribution in [0.2, 0.25) is 0 Å². The van der Waals surface area contributed by atoms with Crippen molar-refractivity contribution in [3.05, 3.63) is 60.3 Å². The smallest absolute Gasteiger partial charge is 0.251 e. The van der Waals surface area contributed by atoms with Gasteiger partial charge in [-0.1, -0.05) is 19.9 Å². The van der Waals surface area contributed by atoms with Crippen LogP contribution < -0.4 is 5.32 Å². The Morgan fingerprint density at radius 3 is 2.64 bits per heavy atom. The molecule has 1 atom stereocenters. The molecular formula is C16H17N5O. The summed E-state index contributed by atoms with van der Waals surface area (Å²) in [6, 6.07) is 8.87. The lowest BCUT2D eigenvalue weighted by molar-refractivity contribution is 0.0922. The molecule has 3 heterocycles. The Bertz CT molecular complexity index is 781. The zero-order valence-corrected chi connectivity index (χ0v) is 12.5. The highest BCUT2D eigenvalue weighted by Crippen LogP contribution is 2.21. The van der Waals surface area contributed by atoms with Crippen molar-refractivity contribution in [3.8, 4) is 0 Å². The van der Waals surface area contributed by atoms with Crippen molar-refractivity contribution >= 4 is 11.6 Å². The Balaban J connectivity index is 1.92. The average molecular weight is 295 g/mol. The van der Waals surface area contributed by atoms with Gasteiger partial charge in [-0.05, 0) is 30.2 Å². The molecule has 22 heavy (non-hydrogen) atoms. The van der Waals surface area contributed by atoms with Crippen molar-refractivity contribution in [2.24, 2.45) is 5.92 Å². The van der Waals surface area contributed by atoms with E-state index >= 15 is 0 Å². The molecule has 0 saturated carbocycles. The third-order valence-corrected chi connectivity index (χ3v) is 3.51. The van der Waals surface area contributed by atoms with Crippen LogP contribution in [-0.4, -0.2) is 25.5 Å². The van der Waals surface area contributed by atoms with E-state index in [9.17, 15) is 4.79 Å². The largest absolute Gasteiger partial charge is 0.342 e. The van der Waals surface area contributed by atoms with Crippen LogP contribution in [0.4, 0.5) is 0 Å². The molecular weight excluding hydrogens is 278 g/mol. The van der Waals surface area contributed by atoms with Crippen LogP contribution in [0.3, 0.4) is 0 Å². The summed E-state index contributed by atoms with van der Waals surface area (Å²) in [5.74, 6) is 0.764. The lowest BCUT2D eigenvalue weighted by Crippen LogP contribution is -2.33. The molecule has 0 aliphatic rings. The minimum absolute atomic E-state index is 0.145. The van der Waals surface area contributed by atoms with Crippen LogP contribution in [0.5, 0.6) is 0 Å². The first-order valence-corrected chi connectivity index (χ1v) is 7.17. The van der Waals surface area contributed by atoms with Crippen molar-refractivity contribution < 1.29 is 4.79 Å². The van der Waals surface area contributed by atoms with Gasteiger partial charge >= 0.3 is 0 Å². The first-order chi connectivity index (χ1) is 10.7. The number of pyridine rings is 2. The highest BCUT2D eigenvalue weighted by Gasteiger charge is 2.23. The fraction of sp³-hybridized carbons (Fsp3) is 0.250. The predicted octanol–water partition coefficient (Wildman–Crippen LogP) is 2.25. The van der Waals surface area contributed by atoms with Gasteiger partial charge in [0.1, 0.15) is 0 Å². The fourth-order valence-electron chi connectivity index (χ4n) is 2.33. The number of carbonyl (C=O) groups is 1. The van der Waals surface area contributed by atoms with Gasteiger partial charge in [-0.3, -0.25) is 14.2 Å². The lowest BCUT2D eigenvalue weighted by atomic mass is 10.0. The summed E-state index contributed by atoms with van der Waals surface area (Å²) in [5.41, 5.74) is 1.34. The number of amides is 1. The van der Waals surface area contributed by atoms with Gasteiger partial charge in [0.05, 0.1) is 6.04 Å². The van der Waals surface area contributed by atoms with E-state index in [0.29, 0.717) is 5.56 Å². The number of hydrogen-bond donors (Lipinski definition) is 1. The molecule has 1 N–H and O–H groups in total. The molecule has 1 amide bonds. The molecule has 3 rings (SSSR count). The molecule has 0 radical (unpaired) electrons. The van der Waals surface area contributed by atoms with Crippen molar-refractivity contribution in [2.75, 3.05) is 0 Å². The van der Waals surface area contributed by atoms with Gasteiger partial charge in [-0.25, -0.2) is 0 Å². The zero-order valence-electron chi connectivity index (χ0n) is 12.5. The van der Waals surface area contributed by atoms with E-state index in [2.05, 4.69) is 20.5 Å². The SMILES string of the molecule is CC(C)[C@@H](NC(=O)c1ccncc1)c1nnc2ccccn12. The summed E-state index contributed by atoms with van der Waals surface area (Å²) in [5, 5.41) is 11.4. The predicted molar refractivity (Wildman–Crippen MR) is 82.3 cm³/mol. The average Bonchev–Trinajstić information content (AvgIpc) is 2.96. The normalized spacial score (nSPS) is 12.5. The van der Waals surface area contributed by atoms with Crippen LogP contribution in [0.1, 0.15) is 36.1 Å². The van der Waals surface area contributed by atoms with E-state index in [1.807, 2.05) is 42.6 Å². The van der Waals surface area contributed by atoms with Gasteiger partial charge in [0.2, 0.25) is 0 Å². The summed E-state index contributed by atoms with van der Waals surface area (Å²) < 4.78 is 1.90. The molecule has 0 aliphatic carbocycles. The third-order valence-electron chi connectivity index (χ3n) is 3.51. The van der Waals surface area contributed by atoms with Crippen molar-refractivity contribution in [3.63, 3.8) is 0 Å². The number of aromatic nitrogens is 4. The van der Waals surface area contributed by atoms with E-state index in [1.54, 1.807) is 24.5 Å². The third kappa shape index (κ3) is 2.67. The van der Waals surface area contributed by atoms with E-state index < -0.39 is 0 Å². The highest BCUT2D eigenvalue weighted by molar-refractivity contribution is 5.94. The van der Waals surface area contributed by atoms with Crippen LogP contribution in [0, 0.1) is 5.92 Å². The van der Waals surface area contributed by atoms with Crippen LogP contribution in [-0.2, 0) is 0 Å². The Hall–Kier alpha value is -2.76. The van der Waals surface area contributed by atoms with Crippen LogP contribution in [0.15, 0.2) is 48.9 Å². The lowest BCUT2D eigenvalue weighted by Gasteiger charge is -2.20. The maximum Gasteiger partial charge on any atom is 0.251 e. The molecule has 0 saturated heterocycles. The summed E-state index contributed by atoms with van der Waals surface area (Å²) in [4.78, 5) is 16.3. The van der Waals surface area contributed by atoms with Crippen LogP contribution >= 0.6 is 0 Å². The topological polar surface area (TPSA) is 72.2 Å². The van der Waals surface area contributed by atoms with Gasteiger partial charge < -0.3 is 5.32 Å². The number of nitrogens with zero attached hydrogens (tertiary/aromatic N) is 4. The van der Waals surface area contributed by atoms with E-state index in [4.69, 9.17) is 0 Å². The summed E-state index contributed by atoms with van der Waals surface area (Å²) in [6.07, 6.45) is 5.11. The minimum Gasteiger partial charge on any atom is -0.342 e. The molecule has 3 aromatic heterocycles. The number of rotatable bonds is 4. The second kappa shape index (κ2) is 5.93. The molecule has 6 nitrogen and oxygen atoms in total. The second-order valence-electron chi connectivity index (χ2n) is 5.42. The van der Waals surface area contributed by atoms with Gasteiger partial charge in [-0.15, -0.1) is 10.2 Å². The first-order valence-electron chi connectivity index (χ1n) is 7.17. The summed E-state index contributed by atoms with van der Waals surface area (Å²) in [6.45, 7) is 4.09. The number of hydrogen-bond acceptors (Lipinski definition) is 4. The molecule has 6 heteroatoms. The minimum atomic E-state index is -0.224. The molecule has 3 aromatic rings. The van der Waals surface area contributed by atoms with E-state index in [0.717, 1.165) is 11.5 Å². The summed E-state index contributed by atoms with van der Waals surface area (Å²) in [7, 11) is 0. The van der Waals surface area contributed by atoms with Crippen LogP contribution in [0.25, 0.3) is 5.65 Å². The Morgan fingerprint density at radius 2 is 1.91 bits per heavy atom. The zero-order chi connectivity index (χ0) is 15.5. The second-order valence-corrected chi connectivity index (χ2v) is 5.42. The van der Waals surface area contributed by atoms with Crippen molar-refractivity contribution in [1.29, 1.82) is 0 Å². The Labute approximate surface area is 128 Å². The quantitative estimate of drug-likeness (QED) is 0.801. The monoisotopic (exact) mass is 295 g/mol. The Kier molecular flexibility index (Phi) is 3.82. The maximum absolute atomic E-state index is 12.4. The molecule has 112 valence electrons. The van der Waals surface area contributed by atoms with E-state index in [1.165, 1.54) is 0 Å². The van der Waals surface area contributed by atoms with Gasteiger partial charge in [0.15, 0.2) is 11.5 Å².